The second kappa shape index (κ2) is 4.81. The first-order valence-electron chi connectivity index (χ1n) is 3.84. The van der Waals surface area contributed by atoms with Gasteiger partial charge in [-0.25, -0.2) is 4.79 Å². The number of carbonyl (C=O) groups excluding carboxylic acids is 1. The van der Waals surface area contributed by atoms with Gasteiger partial charge in [0.1, 0.15) is 0 Å². The topological polar surface area (TPSA) is 68.1 Å². The molecule has 0 rings (SSSR count). The summed E-state index contributed by atoms with van der Waals surface area (Å²) in [5.74, 6) is -0.739. The number of methoxy groups -OCH3 is 1. The Bertz CT molecular complexity index is 206. The van der Waals surface area contributed by atoms with Crippen LogP contribution in [-0.2, 0) is 14.4 Å². The molecule has 0 aromatic heterocycles. The molecule has 0 aromatic carbocycles. The van der Waals surface area contributed by atoms with Crippen LogP contribution in [0.1, 0.15) is 20.8 Å². The SMILES string of the molecule is COC(=O)C(C)(O)CON=C(C)C. The Kier molecular flexibility index (Phi) is 4.40. The van der Waals surface area contributed by atoms with Gasteiger partial charge in [-0.15, -0.1) is 0 Å². The fourth-order valence-electron chi connectivity index (χ4n) is 0.566. The lowest BCUT2D eigenvalue weighted by Crippen LogP contribution is -2.40. The minimum absolute atomic E-state index is 0.217. The van der Waals surface area contributed by atoms with Crippen LogP contribution in [0, 0.1) is 0 Å². The van der Waals surface area contributed by atoms with Crippen molar-refractivity contribution in [1.82, 2.24) is 0 Å². The van der Waals surface area contributed by atoms with Gasteiger partial charge in [0.05, 0.1) is 12.8 Å². The molecule has 0 saturated heterocycles. The van der Waals surface area contributed by atoms with Crippen LogP contribution in [0.2, 0.25) is 0 Å². The maximum Gasteiger partial charge on any atom is 0.341 e. The van der Waals surface area contributed by atoms with Crippen LogP contribution in [-0.4, -0.2) is 36.1 Å². The van der Waals surface area contributed by atoms with Crippen LogP contribution >= 0.6 is 0 Å². The molecule has 0 aliphatic rings. The number of hydrogen-bond donors (Lipinski definition) is 1. The summed E-state index contributed by atoms with van der Waals surface area (Å²) in [7, 11) is 1.20. The van der Waals surface area contributed by atoms with Gasteiger partial charge >= 0.3 is 5.97 Å². The normalized spacial score (nSPS) is 14.2. The Hall–Kier alpha value is -1.10. The molecule has 0 fully saturated rings. The summed E-state index contributed by atoms with van der Waals surface area (Å²) in [6.45, 7) is 4.57. The number of oxime groups is 1. The molecule has 0 aliphatic heterocycles. The van der Waals surface area contributed by atoms with Crippen molar-refractivity contribution in [3.8, 4) is 0 Å². The van der Waals surface area contributed by atoms with E-state index in [9.17, 15) is 9.90 Å². The highest BCUT2D eigenvalue weighted by Crippen LogP contribution is 2.06. The molecule has 5 nitrogen and oxygen atoms in total. The Morgan fingerprint density at radius 2 is 2.08 bits per heavy atom. The Morgan fingerprint density at radius 3 is 2.46 bits per heavy atom. The van der Waals surface area contributed by atoms with Gasteiger partial charge in [0, 0.05) is 0 Å². The molecule has 5 heteroatoms. The average Bonchev–Trinajstić information content (AvgIpc) is 2.01. The van der Waals surface area contributed by atoms with Gasteiger partial charge in [-0.05, 0) is 20.8 Å². The van der Waals surface area contributed by atoms with E-state index in [1.807, 2.05) is 0 Å². The molecule has 0 aliphatic carbocycles. The zero-order chi connectivity index (χ0) is 10.5. The second-order valence-corrected chi connectivity index (χ2v) is 3.08. The summed E-state index contributed by atoms with van der Waals surface area (Å²) in [4.78, 5) is 15.6. The van der Waals surface area contributed by atoms with Gasteiger partial charge in [-0.1, -0.05) is 5.16 Å². The first-order valence-corrected chi connectivity index (χ1v) is 3.84. The Labute approximate surface area is 77.3 Å². The van der Waals surface area contributed by atoms with E-state index < -0.39 is 11.6 Å². The highest BCUT2D eigenvalue weighted by Gasteiger charge is 2.32. The number of nitrogens with zero attached hydrogens (tertiary/aromatic N) is 1. The van der Waals surface area contributed by atoms with Gasteiger partial charge in [-0.2, -0.15) is 0 Å². The maximum atomic E-state index is 10.9. The summed E-state index contributed by atoms with van der Waals surface area (Å²) < 4.78 is 4.36. The first kappa shape index (κ1) is 11.9. The molecule has 0 saturated carbocycles. The van der Waals surface area contributed by atoms with Crippen molar-refractivity contribution in [3.63, 3.8) is 0 Å². The average molecular weight is 189 g/mol. The number of ether oxygens (including phenoxy) is 1. The number of aliphatic hydroxyl groups is 1. The molecule has 0 radical (unpaired) electrons. The molecule has 1 unspecified atom stereocenters. The lowest BCUT2D eigenvalue weighted by atomic mass is 10.1. The van der Waals surface area contributed by atoms with E-state index in [2.05, 4.69) is 9.89 Å². The van der Waals surface area contributed by atoms with Gasteiger partial charge in [0.25, 0.3) is 0 Å². The van der Waals surface area contributed by atoms with Crippen molar-refractivity contribution in [1.29, 1.82) is 0 Å². The molecule has 1 N–H and O–H groups in total. The molecular weight excluding hydrogens is 174 g/mol. The van der Waals surface area contributed by atoms with Crippen molar-refractivity contribution in [3.05, 3.63) is 0 Å². The number of esters is 1. The molecule has 1 atom stereocenters. The van der Waals surface area contributed by atoms with Gasteiger partial charge < -0.3 is 14.7 Å². The Balaban J connectivity index is 4.03. The molecule has 76 valence electrons. The van der Waals surface area contributed by atoms with Gasteiger partial charge in [-0.3, -0.25) is 0 Å². The van der Waals surface area contributed by atoms with E-state index in [4.69, 9.17) is 4.84 Å². The smallest absolute Gasteiger partial charge is 0.341 e. The van der Waals surface area contributed by atoms with E-state index in [-0.39, 0.29) is 6.61 Å². The van der Waals surface area contributed by atoms with E-state index in [1.165, 1.54) is 14.0 Å². The highest BCUT2D eigenvalue weighted by molar-refractivity contribution is 5.79. The number of carbonyl (C=O) groups is 1. The number of rotatable bonds is 4. The van der Waals surface area contributed by atoms with Crippen molar-refractivity contribution >= 4 is 11.7 Å². The number of hydrogen-bond acceptors (Lipinski definition) is 5. The minimum atomic E-state index is -1.65. The van der Waals surface area contributed by atoms with E-state index in [0.717, 1.165) is 0 Å². The van der Waals surface area contributed by atoms with Crippen molar-refractivity contribution in [2.45, 2.75) is 26.4 Å². The van der Waals surface area contributed by atoms with Crippen LogP contribution in [0.3, 0.4) is 0 Å². The largest absolute Gasteiger partial charge is 0.467 e. The first-order chi connectivity index (χ1) is 5.90. The lowest BCUT2D eigenvalue weighted by molar-refractivity contribution is -0.166. The van der Waals surface area contributed by atoms with Crippen LogP contribution in [0.25, 0.3) is 0 Å². The lowest BCUT2D eigenvalue weighted by Gasteiger charge is -2.17. The van der Waals surface area contributed by atoms with Crippen LogP contribution in [0.15, 0.2) is 5.16 Å². The molecule has 0 bridgehead atoms. The fourth-order valence-corrected chi connectivity index (χ4v) is 0.566. The monoisotopic (exact) mass is 189 g/mol. The van der Waals surface area contributed by atoms with Crippen molar-refractivity contribution in [2.24, 2.45) is 5.16 Å². The van der Waals surface area contributed by atoms with Crippen LogP contribution < -0.4 is 0 Å². The third-order valence-electron chi connectivity index (χ3n) is 1.22. The summed E-state index contributed by atoms with van der Waals surface area (Å²) in [5.41, 5.74) is -0.936. The highest BCUT2D eigenvalue weighted by atomic mass is 16.6. The van der Waals surface area contributed by atoms with Gasteiger partial charge in [0.2, 0.25) is 0 Å². The predicted molar refractivity (Wildman–Crippen MR) is 47.4 cm³/mol. The van der Waals surface area contributed by atoms with E-state index in [0.29, 0.717) is 5.71 Å². The molecule has 0 heterocycles. The van der Waals surface area contributed by atoms with E-state index >= 15 is 0 Å². The summed E-state index contributed by atoms with van der Waals surface area (Å²) >= 11 is 0. The Morgan fingerprint density at radius 1 is 1.54 bits per heavy atom. The standard InChI is InChI=1S/C8H15NO4/c1-6(2)9-13-5-8(3,11)7(10)12-4/h11H,5H2,1-4H3. The zero-order valence-electron chi connectivity index (χ0n) is 8.33. The molecule has 0 amide bonds. The van der Waals surface area contributed by atoms with Crippen molar-refractivity contribution in [2.75, 3.05) is 13.7 Å². The second-order valence-electron chi connectivity index (χ2n) is 3.08. The quantitative estimate of drug-likeness (QED) is 0.393. The maximum absolute atomic E-state index is 10.9. The third-order valence-corrected chi connectivity index (χ3v) is 1.22. The predicted octanol–water partition coefficient (Wildman–Crippen LogP) is 0.323. The minimum Gasteiger partial charge on any atom is -0.467 e. The fraction of sp³-hybridized carbons (Fsp3) is 0.750. The molecule has 13 heavy (non-hydrogen) atoms. The summed E-state index contributed by atoms with van der Waals surface area (Å²) in [6, 6.07) is 0. The van der Waals surface area contributed by atoms with Gasteiger partial charge in [0.15, 0.2) is 12.2 Å². The summed E-state index contributed by atoms with van der Waals surface area (Å²) in [6.07, 6.45) is 0. The van der Waals surface area contributed by atoms with Crippen LogP contribution in [0.5, 0.6) is 0 Å². The molecule has 0 spiro atoms. The zero-order valence-corrected chi connectivity index (χ0v) is 8.33. The third kappa shape index (κ3) is 4.47. The van der Waals surface area contributed by atoms with Crippen LogP contribution in [0.4, 0.5) is 0 Å². The summed E-state index contributed by atoms with van der Waals surface area (Å²) in [5, 5.41) is 13.0. The van der Waals surface area contributed by atoms with Crippen molar-refractivity contribution < 1.29 is 19.5 Å². The molecule has 0 aromatic rings. The van der Waals surface area contributed by atoms with E-state index in [1.54, 1.807) is 13.8 Å². The molecular formula is C8H15NO4.